The minimum Gasteiger partial charge on any atom is -0.481 e. The molecule has 92 valence electrons. The van der Waals surface area contributed by atoms with Crippen molar-refractivity contribution in [1.29, 1.82) is 0 Å². The molecule has 0 bridgehead atoms. The Morgan fingerprint density at radius 3 is 2.94 bits per heavy atom. The first-order chi connectivity index (χ1) is 8.10. The van der Waals surface area contributed by atoms with E-state index in [-0.39, 0.29) is 0 Å². The van der Waals surface area contributed by atoms with Crippen LogP contribution in [0.2, 0.25) is 0 Å². The van der Waals surface area contributed by atoms with Crippen molar-refractivity contribution in [3.8, 4) is 5.88 Å². The Morgan fingerprint density at radius 1 is 1.65 bits per heavy atom. The molecule has 0 amide bonds. The van der Waals surface area contributed by atoms with Gasteiger partial charge in [0.1, 0.15) is 0 Å². The molecule has 2 N–H and O–H groups in total. The number of nitrogens with zero attached hydrogens (tertiary/aromatic N) is 1. The highest BCUT2D eigenvalue weighted by Gasteiger charge is 2.09. The first-order valence-corrected chi connectivity index (χ1v) is 5.72. The van der Waals surface area contributed by atoms with E-state index in [9.17, 15) is 4.79 Å². The van der Waals surface area contributed by atoms with Crippen LogP contribution in [0.1, 0.15) is 12.5 Å². The van der Waals surface area contributed by atoms with Gasteiger partial charge in [-0.1, -0.05) is 0 Å². The van der Waals surface area contributed by atoms with E-state index in [2.05, 4.69) is 20.9 Å². The molecule has 0 aromatic carbocycles. The van der Waals surface area contributed by atoms with Crippen LogP contribution in [0, 0.1) is 0 Å². The molecular weight excluding hydrogens is 288 g/mol. The number of nitrogen functional groups attached to an aromatic ring is 1. The smallest absolute Gasteiger partial charge is 0.330 e. The summed E-state index contributed by atoms with van der Waals surface area (Å²) < 4.78 is 10.5. The molecule has 0 aliphatic rings. The molecule has 0 fully saturated rings. The third kappa shape index (κ3) is 3.45. The summed E-state index contributed by atoms with van der Waals surface area (Å²) in [4.78, 5) is 15.2. The Bertz CT molecular complexity index is 447. The molecule has 0 saturated carbocycles. The largest absolute Gasteiger partial charge is 0.481 e. The lowest BCUT2D eigenvalue weighted by Gasteiger charge is -2.07. The average molecular weight is 301 g/mol. The minimum atomic E-state index is -0.436. The fourth-order valence-corrected chi connectivity index (χ4v) is 1.48. The van der Waals surface area contributed by atoms with E-state index in [1.165, 1.54) is 25.5 Å². The summed E-state index contributed by atoms with van der Waals surface area (Å²) >= 11 is 3.25. The van der Waals surface area contributed by atoms with Gasteiger partial charge in [0.05, 0.1) is 29.4 Å². The maximum atomic E-state index is 11.2. The SMILES string of the molecule is CCOC(=O)/C=C/c1c(OC)ncc(Br)c1N. The predicted molar refractivity (Wildman–Crippen MR) is 68.6 cm³/mol. The van der Waals surface area contributed by atoms with Gasteiger partial charge < -0.3 is 15.2 Å². The van der Waals surface area contributed by atoms with Crippen molar-refractivity contribution in [3.05, 3.63) is 22.3 Å². The molecule has 0 spiro atoms. The van der Waals surface area contributed by atoms with Crippen LogP contribution in [-0.4, -0.2) is 24.7 Å². The Kier molecular flexibility index (Phi) is 4.96. The van der Waals surface area contributed by atoms with Crippen molar-refractivity contribution in [3.63, 3.8) is 0 Å². The van der Waals surface area contributed by atoms with E-state index in [4.69, 9.17) is 15.2 Å². The molecule has 6 heteroatoms. The number of aromatic nitrogens is 1. The summed E-state index contributed by atoms with van der Waals surface area (Å²) in [6, 6.07) is 0. The number of nitrogens with two attached hydrogens (primary N) is 1. The van der Waals surface area contributed by atoms with Gasteiger partial charge in [-0.05, 0) is 28.9 Å². The molecule has 17 heavy (non-hydrogen) atoms. The van der Waals surface area contributed by atoms with Gasteiger partial charge in [-0.25, -0.2) is 9.78 Å². The number of hydrogen-bond donors (Lipinski definition) is 1. The molecular formula is C11H13BrN2O3. The fourth-order valence-electron chi connectivity index (χ4n) is 1.16. The number of halogens is 1. The number of esters is 1. The minimum absolute atomic E-state index is 0.326. The number of carbonyl (C=O) groups is 1. The Balaban J connectivity index is 3.04. The van der Waals surface area contributed by atoms with Crippen molar-refractivity contribution in [2.75, 3.05) is 19.5 Å². The predicted octanol–water partition coefficient (Wildman–Crippen LogP) is 2.01. The number of methoxy groups -OCH3 is 1. The van der Waals surface area contributed by atoms with Crippen molar-refractivity contribution in [1.82, 2.24) is 4.98 Å². The van der Waals surface area contributed by atoms with E-state index in [1.807, 2.05) is 0 Å². The lowest BCUT2D eigenvalue weighted by atomic mass is 10.2. The summed E-state index contributed by atoms with van der Waals surface area (Å²) in [5.74, 6) is -0.0832. The van der Waals surface area contributed by atoms with Crippen LogP contribution in [0.4, 0.5) is 5.69 Å². The monoisotopic (exact) mass is 300 g/mol. The van der Waals surface area contributed by atoms with Crippen molar-refractivity contribution in [2.45, 2.75) is 6.92 Å². The summed E-state index contributed by atoms with van der Waals surface area (Å²) in [7, 11) is 1.48. The highest BCUT2D eigenvalue weighted by atomic mass is 79.9. The van der Waals surface area contributed by atoms with Crippen molar-refractivity contribution < 1.29 is 14.3 Å². The van der Waals surface area contributed by atoms with Crippen LogP contribution in [0.25, 0.3) is 6.08 Å². The topological polar surface area (TPSA) is 74.4 Å². The van der Waals surface area contributed by atoms with Gasteiger partial charge in [-0.2, -0.15) is 0 Å². The van der Waals surface area contributed by atoms with Crippen LogP contribution in [0.5, 0.6) is 5.88 Å². The van der Waals surface area contributed by atoms with E-state index >= 15 is 0 Å². The first-order valence-electron chi connectivity index (χ1n) is 4.93. The van der Waals surface area contributed by atoms with Crippen molar-refractivity contribution >= 4 is 33.7 Å². The second kappa shape index (κ2) is 6.24. The van der Waals surface area contributed by atoms with Crippen LogP contribution in [0.15, 0.2) is 16.7 Å². The fraction of sp³-hybridized carbons (Fsp3) is 0.273. The number of carbonyl (C=O) groups excluding carboxylic acids is 1. The quantitative estimate of drug-likeness (QED) is 0.680. The van der Waals surface area contributed by atoms with Gasteiger partial charge in [0.25, 0.3) is 0 Å². The number of pyridine rings is 1. The molecule has 0 atom stereocenters. The zero-order valence-corrected chi connectivity index (χ0v) is 11.2. The molecule has 0 unspecified atom stereocenters. The summed E-state index contributed by atoms with van der Waals surface area (Å²) in [5.41, 5.74) is 6.84. The standard InChI is InChI=1S/C11H13BrN2O3/c1-3-17-9(15)5-4-7-10(13)8(12)6-14-11(7)16-2/h4-6H,3H2,1-2H3,(H2,13,14)/b5-4+. The molecule has 1 aromatic rings. The zero-order valence-electron chi connectivity index (χ0n) is 9.57. The normalized spacial score (nSPS) is 10.5. The van der Waals surface area contributed by atoms with Gasteiger partial charge in [0, 0.05) is 12.3 Å². The Hall–Kier alpha value is -1.56. The average Bonchev–Trinajstić information content (AvgIpc) is 2.31. The molecule has 1 aromatic heterocycles. The van der Waals surface area contributed by atoms with E-state index < -0.39 is 5.97 Å². The van der Waals surface area contributed by atoms with Gasteiger partial charge >= 0.3 is 5.97 Å². The maximum Gasteiger partial charge on any atom is 0.330 e. The van der Waals surface area contributed by atoms with Crippen LogP contribution >= 0.6 is 15.9 Å². The lowest BCUT2D eigenvalue weighted by Crippen LogP contribution is -2.01. The molecule has 5 nitrogen and oxygen atoms in total. The number of anilines is 1. The number of rotatable bonds is 4. The van der Waals surface area contributed by atoms with Gasteiger partial charge in [0.15, 0.2) is 0 Å². The highest BCUT2D eigenvalue weighted by molar-refractivity contribution is 9.10. The maximum absolute atomic E-state index is 11.2. The Labute approximate surface area is 108 Å². The third-order valence-electron chi connectivity index (χ3n) is 1.94. The third-order valence-corrected chi connectivity index (χ3v) is 2.57. The molecule has 0 aliphatic heterocycles. The summed E-state index contributed by atoms with van der Waals surface area (Å²) in [5, 5.41) is 0. The summed E-state index contributed by atoms with van der Waals surface area (Å²) in [6.45, 7) is 2.06. The zero-order chi connectivity index (χ0) is 12.8. The molecule has 0 aliphatic carbocycles. The summed E-state index contributed by atoms with van der Waals surface area (Å²) in [6.07, 6.45) is 4.34. The van der Waals surface area contributed by atoms with Crippen LogP contribution in [-0.2, 0) is 9.53 Å². The van der Waals surface area contributed by atoms with Crippen molar-refractivity contribution in [2.24, 2.45) is 0 Å². The highest BCUT2D eigenvalue weighted by Crippen LogP contribution is 2.29. The number of hydrogen-bond acceptors (Lipinski definition) is 5. The van der Waals surface area contributed by atoms with E-state index in [0.29, 0.717) is 28.2 Å². The van der Waals surface area contributed by atoms with Crippen LogP contribution < -0.4 is 10.5 Å². The second-order valence-corrected chi connectivity index (χ2v) is 3.88. The van der Waals surface area contributed by atoms with E-state index in [1.54, 1.807) is 6.92 Å². The van der Waals surface area contributed by atoms with Crippen LogP contribution in [0.3, 0.4) is 0 Å². The Morgan fingerprint density at radius 2 is 2.35 bits per heavy atom. The molecule has 0 saturated heterocycles. The lowest BCUT2D eigenvalue weighted by molar-refractivity contribution is -0.137. The van der Waals surface area contributed by atoms with Gasteiger partial charge in [-0.15, -0.1) is 0 Å². The number of ether oxygens (including phenoxy) is 2. The van der Waals surface area contributed by atoms with Gasteiger partial charge in [0.2, 0.25) is 5.88 Å². The second-order valence-electron chi connectivity index (χ2n) is 3.03. The molecule has 0 radical (unpaired) electrons. The van der Waals surface area contributed by atoms with Gasteiger partial charge in [-0.3, -0.25) is 0 Å². The first kappa shape index (κ1) is 13.5. The molecule has 1 rings (SSSR count). The van der Waals surface area contributed by atoms with E-state index in [0.717, 1.165) is 0 Å². The molecule has 1 heterocycles.